The van der Waals surface area contributed by atoms with Crippen LogP contribution in [0, 0.1) is 6.08 Å². The van der Waals surface area contributed by atoms with E-state index in [9.17, 15) is 0 Å². The molecule has 0 atom stereocenters. The molecule has 0 heterocycles. The van der Waals surface area contributed by atoms with Gasteiger partial charge in [0.2, 0.25) is 0 Å². The highest BCUT2D eigenvalue weighted by atomic mass is 13.9. The summed E-state index contributed by atoms with van der Waals surface area (Å²) in [5.74, 6) is 0. The molecule has 0 saturated heterocycles. The molecular weight excluding hydrogens is 168 g/mol. The molecule has 1 rings (SSSR count). The van der Waals surface area contributed by atoms with Gasteiger partial charge < -0.3 is 0 Å². The highest BCUT2D eigenvalue weighted by Gasteiger charge is 1.85. The van der Waals surface area contributed by atoms with Crippen LogP contribution in [-0.2, 0) is 0 Å². The molecule has 0 amide bonds. The lowest BCUT2D eigenvalue weighted by molar-refractivity contribution is 0.695. The van der Waals surface area contributed by atoms with Gasteiger partial charge in [-0.25, -0.2) is 0 Å². The van der Waals surface area contributed by atoms with Crippen molar-refractivity contribution in [3.63, 3.8) is 0 Å². The van der Waals surface area contributed by atoms with Crippen molar-refractivity contribution < 1.29 is 0 Å². The summed E-state index contributed by atoms with van der Waals surface area (Å²) in [6.07, 6.45) is 25.5. The zero-order chi connectivity index (χ0) is 9.90. The van der Waals surface area contributed by atoms with Crippen LogP contribution < -0.4 is 0 Å². The maximum Gasteiger partial charge on any atom is -0.0166 e. The van der Waals surface area contributed by atoms with Crippen LogP contribution in [0.3, 0.4) is 0 Å². The van der Waals surface area contributed by atoms with Crippen molar-refractivity contribution in [2.24, 2.45) is 0 Å². The Bertz CT molecular complexity index is 228. The third kappa shape index (κ3) is 6.47. The van der Waals surface area contributed by atoms with Crippen molar-refractivity contribution in [2.75, 3.05) is 0 Å². The lowest BCUT2D eigenvalue weighted by atomic mass is 10.1. The van der Waals surface area contributed by atoms with Gasteiger partial charge in [0.05, 0.1) is 0 Å². The first-order valence-corrected chi connectivity index (χ1v) is 5.54. The predicted molar refractivity (Wildman–Crippen MR) is 62.9 cm³/mol. The van der Waals surface area contributed by atoms with Gasteiger partial charge in [0, 0.05) is 0 Å². The van der Waals surface area contributed by atoms with Crippen molar-refractivity contribution in [1.82, 2.24) is 0 Å². The summed E-state index contributed by atoms with van der Waals surface area (Å²) in [7, 11) is 0. The van der Waals surface area contributed by atoms with Crippen LogP contribution >= 0.6 is 0 Å². The molecule has 0 aromatic heterocycles. The molecule has 0 aliphatic heterocycles. The van der Waals surface area contributed by atoms with Crippen LogP contribution in [0.2, 0.25) is 0 Å². The molecule has 0 saturated carbocycles. The van der Waals surface area contributed by atoms with Crippen LogP contribution in [0.4, 0.5) is 0 Å². The fourth-order valence-corrected chi connectivity index (χ4v) is 1.40. The summed E-state index contributed by atoms with van der Waals surface area (Å²) in [5, 5.41) is 0. The van der Waals surface area contributed by atoms with E-state index < -0.39 is 0 Å². The molecule has 0 N–H and O–H groups in total. The number of rotatable bonds is 0. The molecule has 1 aliphatic carbocycles. The lowest BCUT2D eigenvalue weighted by Gasteiger charge is -1.94. The van der Waals surface area contributed by atoms with Crippen molar-refractivity contribution in [3.05, 3.63) is 48.6 Å². The van der Waals surface area contributed by atoms with Crippen LogP contribution in [0.5, 0.6) is 0 Å². The van der Waals surface area contributed by atoms with Gasteiger partial charge in [0.15, 0.2) is 0 Å². The summed E-state index contributed by atoms with van der Waals surface area (Å²) < 4.78 is 0. The highest BCUT2D eigenvalue weighted by molar-refractivity contribution is 5.07. The lowest BCUT2D eigenvalue weighted by Crippen LogP contribution is -1.75. The summed E-state index contributed by atoms with van der Waals surface area (Å²) in [5.41, 5.74) is 0. The first-order valence-electron chi connectivity index (χ1n) is 5.54. The minimum absolute atomic E-state index is 1.04. The smallest absolute Gasteiger partial charge is 0.0166 e. The summed E-state index contributed by atoms with van der Waals surface area (Å²) >= 11 is 0. The summed E-state index contributed by atoms with van der Waals surface area (Å²) in [6.45, 7) is 0. The molecular formula is C14H19. The van der Waals surface area contributed by atoms with Gasteiger partial charge in [-0.1, -0.05) is 49.0 Å². The molecule has 0 nitrogen and oxygen atoms in total. The van der Waals surface area contributed by atoms with Crippen LogP contribution in [0.1, 0.15) is 38.5 Å². The monoisotopic (exact) mass is 187 g/mol. The minimum atomic E-state index is 1.04. The second-order valence-electron chi connectivity index (χ2n) is 3.51. The van der Waals surface area contributed by atoms with Crippen LogP contribution in [0.25, 0.3) is 0 Å². The van der Waals surface area contributed by atoms with E-state index in [1.165, 1.54) is 32.1 Å². The van der Waals surface area contributed by atoms with E-state index in [0.29, 0.717) is 0 Å². The normalized spacial score (nSPS) is 19.4. The van der Waals surface area contributed by atoms with E-state index in [1.807, 2.05) is 12.2 Å². The van der Waals surface area contributed by atoms with E-state index in [-0.39, 0.29) is 0 Å². The molecule has 0 fully saturated rings. The van der Waals surface area contributed by atoms with E-state index in [4.69, 9.17) is 0 Å². The quantitative estimate of drug-likeness (QED) is 0.494. The Hall–Kier alpha value is -1.04. The summed E-state index contributed by atoms with van der Waals surface area (Å²) in [6, 6.07) is 0. The predicted octanol–water partition coefficient (Wildman–Crippen LogP) is 4.37. The van der Waals surface area contributed by atoms with Crippen molar-refractivity contribution >= 4 is 0 Å². The minimum Gasteiger partial charge on any atom is -0.0882 e. The summed E-state index contributed by atoms with van der Waals surface area (Å²) in [4.78, 5) is 0. The second kappa shape index (κ2) is 8.55. The Morgan fingerprint density at radius 1 is 0.786 bits per heavy atom. The number of hydrogen-bond acceptors (Lipinski definition) is 0. The van der Waals surface area contributed by atoms with Gasteiger partial charge in [-0.15, -0.1) is 0 Å². The Kier molecular flexibility index (Phi) is 6.74. The molecule has 1 radical (unpaired) electrons. The molecule has 75 valence electrons. The molecule has 0 aromatic rings. The van der Waals surface area contributed by atoms with Gasteiger partial charge in [-0.2, -0.15) is 0 Å². The van der Waals surface area contributed by atoms with Gasteiger partial charge in [0.1, 0.15) is 0 Å². The molecule has 1 aliphatic rings. The average molecular weight is 187 g/mol. The topological polar surface area (TPSA) is 0 Å². The maximum absolute atomic E-state index is 3.12. The van der Waals surface area contributed by atoms with E-state index in [1.54, 1.807) is 0 Å². The molecule has 0 heteroatoms. The number of allylic oxidation sites excluding steroid dienone is 8. The largest absolute Gasteiger partial charge is 0.0882 e. The fourth-order valence-electron chi connectivity index (χ4n) is 1.40. The Labute approximate surface area is 87.7 Å². The Morgan fingerprint density at radius 2 is 1.64 bits per heavy atom. The van der Waals surface area contributed by atoms with Gasteiger partial charge in [0.25, 0.3) is 0 Å². The standard InChI is InChI=1S/C14H19/c1-2-4-6-8-10-12-14-13-11-9-7-5-3-1/h1-3,6-9H,4,10-14H2. The van der Waals surface area contributed by atoms with Gasteiger partial charge in [-0.05, 0) is 38.2 Å². The fraction of sp³-hybridized carbons (Fsp3) is 0.429. The molecule has 0 aromatic carbocycles. The average Bonchev–Trinajstić information content (AvgIpc) is 2.22. The second-order valence-corrected chi connectivity index (χ2v) is 3.51. The first-order chi connectivity index (χ1) is 7.00. The van der Waals surface area contributed by atoms with Crippen LogP contribution in [0.15, 0.2) is 42.5 Å². The third-order valence-corrected chi connectivity index (χ3v) is 2.22. The molecule has 0 bridgehead atoms. The van der Waals surface area contributed by atoms with E-state index in [2.05, 4.69) is 36.5 Å². The zero-order valence-corrected chi connectivity index (χ0v) is 8.78. The van der Waals surface area contributed by atoms with Gasteiger partial charge >= 0.3 is 0 Å². The van der Waals surface area contributed by atoms with E-state index >= 15 is 0 Å². The molecule has 14 heavy (non-hydrogen) atoms. The van der Waals surface area contributed by atoms with Crippen molar-refractivity contribution in [3.8, 4) is 0 Å². The van der Waals surface area contributed by atoms with Gasteiger partial charge in [-0.3, -0.25) is 0 Å². The van der Waals surface area contributed by atoms with Crippen molar-refractivity contribution in [1.29, 1.82) is 0 Å². The molecule has 0 spiro atoms. The SMILES string of the molecule is [C]1=CC=CCC=CCCCCCC=C1. The zero-order valence-electron chi connectivity index (χ0n) is 8.78. The maximum atomic E-state index is 3.12. The number of hydrogen-bond donors (Lipinski definition) is 0. The first kappa shape index (κ1) is 11.0. The van der Waals surface area contributed by atoms with E-state index in [0.717, 1.165) is 6.42 Å². The Balaban J connectivity index is 2.36. The molecule has 0 unspecified atom stereocenters. The third-order valence-electron chi connectivity index (χ3n) is 2.22. The highest BCUT2D eigenvalue weighted by Crippen LogP contribution is 2.05. The van der Waals surface area contributed by atoms with Crippen LogP contribution in [-0.4, -0.2) is 0 Å². The Morgan fingerprint density at radius 3 is 2.57 bits per heavy atom. The van der Waals surface area contributed by atoms with Crippen molar-refractivity contribution in [2.45, 2.75) is 38.5 Å².